The Kier molecular flexibility index (Phi) is 5.24. The Morgan fingerprint density at radius 2 is 2.10 bits per heavy atom. The molecule has 0 unspecified atom stereocenters. The molecular formula is C14H18ClN3O2. The highest BCUT2D eigenvalue weighted by Gasteiger charge is 2.16. The van der Waals surface area contributed by atoms with E-state index in [1.807, 2.05) is 0 Å². The first kappa shape index (κ1) is 14.7. The summed E-state index contributed by atoms with van der Waals surface area (Å²) in [6.07, 6.45) is 3.30. The Balaban J connectivity index is 1.84. The summed E-state index contributed by atoms with van der Waals surface area (Å²) in [4.78, 5) is 18.7. The minimum atomic E-state index is -0.0821. The van der Waals surface area contributed by atoms with Gasteiger partial charge in [-0.25, -0.2) is 0 Å². The SMILES string of the molecule is N/C(=N\OCC(=O)N1CCCCC1)c1cccc(Cl)c1. The number of nitrogens with two attached hydrogens (primary N) is 1. The molecule has 0 bridgehead atoms. The van der Waals surface area contributed by atoms with Crippen molar-refractivity contribution in [3.63, 3.8) is 0 Å². The van der Waals surface area contributed by atoms with Gasteiger partial charge in [0.15, 0.2) is 12.4 Å². The van der Waals surface area contributed by atoms with Gasteiger partial charge in [0.05, 0.1) is 0 Å². The van der Waals surface area contributed by atoms with Gasteiger partial charge >= 0.3 is 0 Å². The van der Waals surface area contributed by atoms with Crippen molar-refractivity contribution in [2.24, 2.45) is 10.9 Å². The van der Waals surface area contributed by atoms with Gasteiger partial charge in [0.25, 0.3) is 5.91 Å². The lowest BCUT2D eigenvalue weighted by molar-refractivity contribution is -0.137. The number of benzene rings is 1. The standard InChI is InChI=1S/C14H18ClN3O2/c15-12-6-4-5-11(9-12)14(16)17-20-10-13(19)18-7-2-1-3-8-18/h4-6,9H,1-3,7-8,10H2,(H2,16,17). The summed E-state index contributed by atoms with van der Waals surface area (Å²) in [6.45, 7) is 1.52. The molecule has 0 atom stereocenters. The maximum absolute atomic E-state index is 11.8. The van der Waals surface area contributed by atoms with Crippen LogP contribution in [-0.4, -0.2) is 36.3 Å². The molecule has 5 nitrogen and oxygen atoms in total. The number of hydrogen-bond donors (Lipinski definition) is 1. The summed E-state index contributed by atoms with van der Waals surface area (Å²) < 4.78 is 0. The van der Waals surface area contributed by atoms with Crippen molar-refractivity contribution in [2.45, 2.75) is 19.3 Å². The number of amides is 1. The van der Waals surface area contributed by atoms with E-state index in [-0.39, 0.29) is 18.3 Å². The second-order valence-corrected chi connectivity index (χ2v) is 5.14. The van der Waals surface area contributed by atoms with Crippen LogP contribution >= 0.6 is 11.6 Å². The predicted molar refractivity (Wildman–Crippen MR) is 78.6 cm³/mol. The third-order valence-corrected chi connectivity index (χ3v) is 3.42. The highest BCUT2D eigenvalue weighted by atomic mass is 35.5. The van der Waals surface area contributed by atoms with Crippen LogP contribution in [0, 0.1) is 0 Å². The lowest BCUT2D eigenvalue weighted by Crippen LogP contribution is -2.37. The fourth-order valence-corrected chi connectivity index (χ4v) is 2.28. The molecule has 2 rings (SSSR count). The Morgan fingerprint density at radius 3 is 2.80 bits per heavy atom. The molecule has 108 valence electrons. The van der Waals surface area contributed by atoms with Crippen LogP contribution in [0.15, 0.2) is 29.4 Å². The van der Waals surface area contributed by atoms with E-state index in [2.05, 4.69) is 5.16 Å². The van der Waals surface area contributed by atoms with Gasteiger partial charge in [-0.3, -0.25) is 4.79 Å². The van der Waals surface area contributed by atoms with E-state index in [1.165, 1.54) is 6.42 Å². The van der Waals surface area contributed by atoms with Gasteiger partial charge in [0.2, 0.25) is 0 Å². The molecule has 0 saturated carbocycles. The van der Waals surface area contributed by atoms with Gasteiger partial charge in [0.1, 0.15) is 0 Å². The van der Waals surface area contributed by atoms with E-state index >= 15 is 0 Å². The van der Waals surface area contributed by atoms with Crippen molar-refractivity contribution in [3.8, 4) is 0 Å². The van der Waals surface area contributed by atoms with Gasteiger partial charge < -0.3 is 15.5 Å². The maximum Gasteiger partial charge on any atom is 0.263 e. The minimum Gasteiger partial charge on any atom is -0.384 e. The molecule has 1 fully saturated rings. The third-order valence-electron chi connectivity index (χ3n) is 3.18. The van der Waals surface area contributed by atoms with Crippen LogP contribution in [0.1, 0.15) is 24.8 Å². The number of hydrogen-bond acceptors (Lipinski definition) is 3. The highest BCUT2D eigenvalue weighted by molar-refractivity contribution is 6.31. The Bertz CT molecular complexity index is 499. The molecule has 2 N–H and O–H groups in total. The first-order chi connectivity index (χ1) is 9.66. The van der Waals surface area contributed by atoms with E-state index in [9.17, 15) is 4.79 Å². The summed E-state index contributed by atoms with van der Waals surface area (Å²) in [7, 11) is 0. The average Bonchev–Trinajstić information content (AvgIpc) is 2.48. The van der Waals surface area contributed by atoms with Crippen LogP contribution < -0.4 is 5.73 Å². The van der Waals surface area contributed by atoms with Crippen LogP contribution in [0.3, 0.4) is 0 Å². The fourth-order valence-electron chi connectivity index (χ4n) is 2.09. The largest absolute Gasteiger partial charge is 0.384 e. The second-order valence-electron chi connectivity index (χ2n) is 4.70. The molecule has 1 aromatic carbocycles. The quantitative estimate of drug-likeness (QED) is 0.525. The number of likely N-dealkylation sites (tertiary alicyclic amines) is 1. The number of nitrogens with zero attached hydrogens (tertiary/aromatic N) is 2. The number of rotatable bonds is 4. The Hall–Kier alpha value is -1.75. The molecule has 20 heavy (non-hydrogen) atoms. The molecule has 0 aromatic heterocycles. The molecule has 0 radical (unpaired) electrons. The number of carbonyl (C=O) groups is 1. The van der Waals surface area contributed by atoms with E-state index in [1.54, 1.807) is 29.2 Å². The van der Waals surface area contributed by atoms with E-state index < -0.39 is 0 Å². The van der Waals surface area contributed by atoms with Crippen molar-refractivity contribution in [1.29, 1.82) is 0 Å². The summed E-state index contributed by atoms with van der Waals surface area (Å²) >= 11 is 5.86. The molecule has 0 aliphatic carbocycles. The minimum absolute atomic E-state index is 0.0488. The molecule has 0 spiro atoms. The maximum atomic E-state index is 11.8. The first-order valence-electron chi connectivity index (χ1n) is 6.66. The highest BCUT2D eigenvalue weighted by Crippen LogP contribution is 2.11. The lowest BCUT2D eigenvalue weighted by Gasteiger charge is -2.25. The zero-order valence-corrected chi connectivity index (χ0v) is 12.0. The molecular weight excluding hydrogens is 278 g/mol. The fraction of sp³-hybridized carbons (Fsp3) is 0.429. The van der Waals surface area contributed by atoms with Crippen LogP contribution in [-0.2, 0) is 9.63 Å². The molecule has 1 saturated heterocycles. The monoisotopic (exact) mass is 295 g/mol. The van der Waals surface area contributed by atoms with Crippen LogP contribution in [0.2, 0.25) is 5.02 Å². The normalized spacial score (nSPS) is 16.1. The van der Waals surface area contributed by atoms with Crippen molar-refractivity contribution >= 4 is 23.3 Å². The lowest BCUT2D eigenvalue weighted by atomic mass is 10.1. The third kappa shape index (κ3) is 4.13. The van der Waals surface area contributed by atoms with E-state index in [0.717, 1.165) is 25.9 Å². The number of halogens is 1. The zero-order chi connectivity index (χ0) is 14.4. The van der Waals surface area contributed by atoms with Crippen molar-refractivity contribution in [2.75, 3.05) is 19.7 Å². The smallest absolute Gasteiger partial charge is 0.263 e. The van der Waals surface area contributed by atoms with Gasteiger partial charge in [-0.15, -0.1) is 0 Å². The van der Waals surface area contributed by atoms with Gasteiger partial charge in [0, 0.05) is 23.7 Å². The van der Waals surface area contributed by atoms with Gasteiger partial charge in [-0.2, -0.15) is 0 Å². The first-order valence-corrected chi connectivity index (χ1v) is 7.04. The zero-order valence-electron chi connectivity index (χ0n) is 11.2. The molecule has 6 heteroatoms. The van der Waals surface area contributed by atoms with E-state index in [0.29, 0.717) is 10.6 Å². The number of amidine groups is 1. The number of piperidine rings is 1. The Labute approximate surface area is 123 Å². The summed E-state index contributed by atoms with van der Waals surface area (Å²) in [5, 5.41) is 4.33. The predicted octanol–water partition coefficient (Wildman–Crippen LogP) is 1.99. The number of carbonyl (C=O) groups excluding carboxylic acids is 1. The van der Waals surface area contributed by atoms with Crippen LogP contribution in [0.5, 0.6) is 0 Å². The van der Waals surface area contributed by atoms with Gasteiger partial charge in [-0.05, 0) is 31.4 Å². The van der Waals surface area contributed by atoms with Crippen molar-refractivity contribution in [3.05, 3.63) is 34.9 Å². The molecule has 1 aliphatic rings. The summed E-state index contributed by atoms with van der Waals surface area (Å²) in [5.41, 5.74) is 6.44. The van der Waals surface area contributed by atoms with Crippen molar-refractivity contribution < 1.29 is 9.63 Å². The van der Waals surface area contributed by atoms with Gasteiger partial charge in [-0.1, -0.05) is 28.9 Å². The van der Waals surface area contributed by atoms with Crippen LogP contribution in [0.25, 0.3) is 0 Å². The van der Waals surface area contributed by atoms with Crippen LogP contribution in [0.4, 0.5) is 0 Å². The molecule has 1 aromatic rings. The summed E-state index contributed by atoms with van der Waals surface area (Å²) in [5.74, 6) is 0.159. The van der Waals surface area contributed by atoms with E-state index in [4.69, 9.17) is 22.2 Å². The van der Waals surface area contributed by atoms with Crippen molar-refractivity contribution in [1.82, 2.24) is 4.90 Å². The Morgan fingerprint density at radius 1 is 1.35 bits per heavy atom. The molecule has 1 aliphatic heterocycles. The molecule has 1 heterocycles. The topological polar surface area (TPSA) is 67.9 Å². The summed E-state index contributed by atoms with van der Waals surface area (Å²) in [6, 6.07) is 6.99. The molecule has 1 amide bonds. The average molecular weight is 296 g/mol. The second kappa shape index (κ2) is 7.14. The number of oxime groups is 1.